The molecule has 9 heteroatoms. The number of hydrogen-bond acceptors (Lipinski definition) is 7. The fourth-order valence-electron chi connectivity index (χ4n) is 5.61. The van der Waals surface area contributed by atoms with Gasteiger partial charge >= 0.3 is 0 Å². The number of piperidine rings is 1. The van der Waals surface area contributed by atoms with Crippen molar-refractivity contribution in [3.63, 3.8) is 0 Å². The van der Waals surface area contributed by atoms with Gasteiger partial charge in [0.1, 0.15) is 5.75 Å². The van der Waals surface area contributed by atoms with Crippen molar-refractivity contribution in [3.05, 3.63) is 36.4 Å². The molecule has 1 N–H and O–H groups in total. The second kappa shape index (κ2) is 14.9. The first-order valence-corrected chi connectivity index (χ1v) is 17.2. The van der Waals surface area contributed by atoms with Crippen LogP contribution in [0.4, 0.5) is 11.4 Å². The van der Waals surface area contributed by atoms with Crippen molar-refractivity contribution in [3.8, 4) is 5.75 Å². The molecule has 0 aromatic heterocycles. The third kappa shape index (κ3) is 7.73. The summed E-state index contributed by atoms with van der Waals surface area (Å²) < 4.78 is 33.9. The highest BCUT2D eigenvalue weighted by Gasteiger charge is 2.31. The van der Waals surface area contributed by atoms with E-state index in [1.165, 1.54) is 41.8 Å². The lowest BCUT2D eigenvalue weighted by molar-refractivity contribution is 0.158. The Kier molecular flexibility index (Phi) is 11.6. The molecule has 0 saturated carbocycles. The van der Waals surface area contributed by atoms with Gasteiger partial charge in [-0.1, -0.05) is 50.4 Å². The van der Waals surface area contributed by atoms with Gasteiger partial charge in [0.25, 0.3) is 0 Å². The average Bonchev–Trinajstić information content (AvgIpc) is 2.95. The van der Waals surface area contributed by atoms with Gasteiger partial charge in [-0.2, -0.15) is 0 Å². The molecule has 1 fully saturated rings. The van der Waals surface area contributed by atoms with Gasteiger partial charge in [-0.25, -0.2) is 12.7 Å². The molecular formula is C31H47N3O4S2. The first-order valence-electron chi connectivity index (χ1n) is 15.0. The van der Waals surface area contributed by atoms with E-state index in [2.05, 4.69) is 28.9 Å². The molecule has 0 bridgehead atoms. The molecule has 2 heterocycles. The quantitative estimate of drug-likeness (QED) is 0.242. The van der Waals surface area contributed by atoms with Crippen LogP contribution in [0.25, 0.3) is 0 Å². The Morgan fingerprint density at radius 1 is 1.00 bits per heavy atom. The van der Waals surface area contributed by atoms with Crippen LogP contribution in [0, 0.1) is 5.92 Å². The summed E-state index contributed by atoms with van der Waals surface area (Å²) in [5.74, 6) is 1.51. The van der Waals surface area contributed by atoms with E-state index in [9.17, 15) is 13.5 Å². The summed E-state index contributed by atoms with van der Waals surface area (Å²) in [6.07, 6.45) is 10.2. The van der Waals surface area contributed by atoms with Crippen molar-refractivity contribution in [1.29, 1.82) is 0 Å². The molecule has 0 atom stereocenters. The first kappa shape index (κ1) is 31.2. The standard InChI is InChI=1S/C31H47N3O4S2/c1-4-5-6-7-8-23-38-26-13-14-29-28(24-26)34(19-10-18-33-20-15-25(16-21-33)17-22-35)27-11-9-12-30(31(27)39-29)40(36,37)32(2)3/h9,11-14,24-25,35H,4-8,10,15-23H2,1-3H3. The second-order valence-electron chi connectivity index (χ2n) is 11.2. The maximum atomic E-state index is 13.2. The Morgan fingerprint density at radius 2 is 1.77 bits per heavy atom. The highest BCUT2D eigenvalue weighted by Crippen LogP contribution is 2.51. The zero-order chi connectivity index (χ0) is 28.5. The Hall–Kier alpha value is -1.78. The maximum Gasteiger partial charge on any atom is 0.243 e. The smallest absolute Gasteiger partial charge is 0.243 e. The van der Waals surface area contributed by atoms with E-state index in [0.717, 1.165) is 85.2 Å². The monoisotopic (exact) mass is 589 g/mol. The average molecular weight is 590 g/mol. The first-order chi connectivity index (χ1) is 19.3. The molecule has 222 valence electrons. The number of anilines is 2. The number of fused-ring (bicyclic) bond motifs is 2. The number of likely N-dealkylation sites (tertiary alicyclic amines) is 1. The SMILES string of the molecule is CCCCCCCOc1ccc2c(c1)N(CCCN1CCC(CCO)CC1)c1cccc(S(=O)(=O)N(C)C)c1S2. The van der Waals surface area contributed by atoms with Gasteiger partial charge in [-0.15, -0.1) is 0 Å². The summed E-state index contributed by atoms with van der Waals surface area (Å²) in [6, 6.07) is 11.8. The van der Waals surface area contributed by atoms with Crippen molar-refractivity contribution >= 4 is 33.2 Å². The number of hydrogen-bond donors (Lipinski definition) is 1. The molecule has 7 nitrogen and oxygen atoms in total. The number of aliphatic hydroxyl groups is 1. The molecule has 0 amide bonds. The van der Waals surface area contributed by atoms with Crippen LogP contribution in [0.1, 0.15) is 64.7 Å². The van der Waals surface area contributed by atoms with Crippen molar-refractivity contribution in [2.75, 3.05) is 58.4 Å². The number of unbranched alkanes of at least 4 members (excludes halogenated alkanes) is 4. The molecule has 1 saturated heterocycles. The lowest BCUT2D eigenvalue weighted by Gasteiger charge is -2.36. The summed E-state index contributed by atoms with van der Waals surface area (Å²) in [5, 5.41) is 9.27. The predicted octanol–water partition coefficient (Wildman–Crippen LogP) is 6.37. The van der Waals surface area contributed by atoms with Crippen LogP contribution in [0.5, 0.6) is 5.75 Å². The molecule has 4 rings (SSSR count). The molecule has 2 aliphatic heterocycles. The van der Waals surface area contributed by atoms with Crippen LogP contribution < -0.4 is 9.64 Å². The third-order valence-electron chi connectivity index (χ3n) is 8.06. The molecule has 0 unspecified atom stereocenters. The van der Waals surface area contributed by atoms with Crippen molar-refractivity contribution in [2.24, 2.45) is 5.92 Å². The highest BCUT2D eigenvalue weighted by molar-refractivity contribution is 8.00. The minimum Gasteiger partial charge on any atom is -0.494 e. The van der Waals surface area contributed by atoms with E-state index < -0.39 is 10.0 Å². The molecule has 0 spiro atoms. The Bertz CT molecular complexity index is 1200. The van der Waals surface area contributed by atoms with Crippen molar-refractivity contribution in [1.82, 2.24) is 9.21 Å². The summed E-state index contributed by atoms with van der Waals surface area (Å²) >= 11 is 1.54. The van der Waals surface area contributed by atoms with Gasteiger partial charge in [0.2, 0.25) is 10.0 Å². The van der Waals surface area contributed by atoms with Crippen LogP contribution in [0.2, 0.25) is 0 Å². The van der Waals surface area contributed by atoms with E-state index in [-0.39, 0.29) is 6.61 Å². The minimum atomic E-state index is -3.59. The fraction of sp³-hybridized carbons (Fsp3) is 0.613. The summed E-state index contributed by atoms with van der Waals surface area (Å²) in [4.78, 5) is 7.02. The van der Waals surface area contributed by atoms with E-state index in [1.54, 1.807) is 20.2 Å². The van der Waals surface area contributed by atoms with Crippen molar-refractivity contribution in [2.45, 2.75) is 79.4 Å². The van der Waals surface area contributed by atoms with Gasteiger partial charge < -0.3 is 19.6 Å². The Morgan fingerprint density at radius 3 is 2.50 bits per heavy atom. The molecule has 0 radical (unpaired) electrons. The normalized spacial score (nSPS) is 16.3. The van der Waals surface area contributed by atoms with E-state index in [0.29, 0.717) is 17.4 Å². The van der Waals surface area contributed by atoms with E-state index in [1.807, 2.05) is 18.2 Å². The van der Waals surface area contributed by atoms with Crippen LogP contribution in [-0.4, -0.2) is 76.2 Å². The Balaban J connectivity index is 1.52. The zero-order valence-corrected chi connectivity index (χ0v) is 26.1. The lowest BCUT2D eigenvalue weighted by Crippen LogP contribution is -2.36. The van der Waals surface area contributed by atoms with Crippen molar-refractivity contribution < 1.29 is 18.3 Å². The molecular weight excluding hydrogens is 542 g/mol. The highest BCUT2D eigenvalue weighted by atomic mass is 32.2. The van der Waals surface area contributed by atoms with Gasteiger partial charge in [0.15, 0.2) is 0 Å². The van der Waals surface area contributed by atoms with Crippen LogP contribution >= 0.6 is 11.8 Å². The van der Waals surface area contributed by atoms with E-state index >= 15 is 0 Å². The van der Waals surface area contributed by atoms with Crippen LogP contribution in [-0.2, 0) is 10.0 Å². The summed E-state index contributed by atoms with van der Waals surface area (Å²) in [5.41, 5.74) is 2.03. The minimum absolute atomic E-state index is 0.284. The molecule has 2 aromatic carbocycles. The largest absolute Gasteiger partial charge is 0.494 e. The number of aliphatic hydroxyl groups excluding tert-OH is 1. The van der Waals surface area contributed by atoms with Gasteiger partial charge in [-0.3, -0.25) is 0 Å². The topological polar surface area (TPSA) is 73.3 Å². The predicted molar refractivity (Wildman–Crippen MR) is 165 cm³/mol. The number of ether oxygens (including phenoxy) is 1. The zero-order valence-electron chi connectivity index (χ0n) is 24.5. The molecule has 2 aromatic rings. The Labute approximate surface area is 245 Å². The van der Waals surface area contributed by atoms with Gasteiger partial charge in [0, 0.05) is 38.2 Å². The molecule has 40 heavy (non-hydrogen) atoms. The molecule has 0 aliphatic carbocycles. The van der Waals surface area contributed by atoms with Crippen LogP contribution in [0.15, 0.2) is 51.1 Å². The fourth-order valence-corrected chi connectivity index (χ4v) is 8.12. The second-order valence-corrected chi connectivity index (χ2v) is 14.4. The maximum absolute atomic E-state index is 13.2. The summed E-state index contributed by atoms with van der Waals surface area (Å²) in [6.45, 7) is 7.18. The number of rotatable bonds is 15. The number of benzene rings is 2. The lowest BCUT2D eigenvalue weighted by atomic mass is 9.94. The number of sulfonamides is 1. The van der Waals surface area contributed by atoms with Gasteiger partial charge in [-0.05, 0) is 81.9 Å². The third-order valence-corrected chi connectivity index (χ3v) is 11.2. The van der Waals surface area contributed by atoms with Crippen LogP contribution in [0.3, 0.4) is 0 Å². The van der Waals surface area contributed by atoms with Gasteiger partial charge in [0.05, 0.1) is 27.8 Å². The number of nitrogens with zero attached hydrogens (tertiary/aromatic N) is 3. The molecule has 2 aliphatic rings. The van der Waals surface area contributed by atoms with E-state index in [4.69, 9.17) is 4.74 Å². The summed E-state index contributed by atoms with van der Waals surface area (Å²) in [7, 11) is -0.413.